The number of thioether (sulfide) groups is 1. The van der Waals surface area contributed by atoms with Gasteiger partial charge in [-0.15, -0.1) is 11.8 Å². The molecule has 0 saturated heterocycles. The van der Waals surface area contributed by atoms with Crippen LogP contribution in [0.25, 0.3) is 0 Å². The zero-order valence-electron chi connectivity index (χ0n) is 15.3. The van der Waals surface area contributed by atoms with Crippen molar-refractivity contribution in [3.05, 3.63) is 64.7 Å². The summed E-state index contributed by atoms with van der Waals surface area (Å²) in [7, 11) is 0. The molecule has 26 heavy (non-hydrogen) atoms. The molecule has 3 nitrogen and oxygen atoms in total. The van der Waals surface area contributed by atoms with E-state index in [1.807, 2.05) is 50.2 Å². The molecule has 0 heterocycles. The molecule has 0 bridgehead atoms. The Kier molecular flexibility index (Phi) is 8.86. The van der Waals surface area contributed by atoms with E-state index in [0.29, 0.717) is 12.3 Å². The lowest BCUT2D eigenvalue weighted by molar-refractivity contribution is -0.118. The molecule has 1 N–H and O–H groups in total. The van der Waals surface area contributed by atoms with Gasteiger partial charge in [0, 0.05) is 17.3 Å². The highest BCUT2D eigenvalue weighted by Gasteiger charge is 2.03. The quantitative estimate of drug-likeness (QED) is 0.572. The molecular weight excluding hydrogens is 366 g/mol. The Morgan fingerprint density at radius 2 is 1.92 bits per heavy atom. The maximum Gasteiger partial charge on any atom is 0.230 e. The Bertz CT molecular complexity index is 689. The molecule has 0 radical (unpaired) electrons. The summed E-state index contributed by atoms with van der Waals surface area (Å²) >= 11 is 7.56. The fraction of sp³-hybridized carbons (Fsp3) is 0.381. The maximum absolute atomic E-state index is 11.9. The van der Waals surface area contributed by atoms with Crippen LogP contribution in [0.5, 0.6) is 5.75 Å². The van der Waals surface area contributed by atoms with Crippen LogP contribution in [-0.2, 0) is 17.0 Å². The number of carbonyl (C=O) groups excluding carboxylic acids is 1. The molecule has 0 aromatic heterocycles. The number of halogens is 1. The molecule has 0 spiro atoms. The first-order valence-electron chi connectivity index (χ1n) is 8.87. The highest BCUT2D eigenvalue weighted by Crippen LogP contribution is 2.17. The van der Waals surface area contributed by atoms with Gasteiger partial charge in [0.2, 0.25) is 5.91 Å². The first-order chi connectivity index (χ1) is 12.5. The van der Waals surface area contributed by atoms with Crippen molar-refractivity contribution in [1.29, 1.82) is 0 Å². The van der Waals surface area contributed by atoms with Crippen LogP contribution in [0.2, 0.25) is 5.02 Å². The van der Waals surface area contributed by atoms with Crippen LogP contribution < -0.4 is 10.1 Å². The van der Waals surface area contributed by atoms with Crippen LogP contribution in [0.4, 0.5) is 0 Å². The summed E-state index contributed by atoms with van der Waals surface area (Å²) in [5, 5.41) is 3.71. The van der Waals surface area contributed by atoms with E-state index in [1.165, 1.54) is 5.56 Å². The highest BCUT2D eigenvalue weighted by atomic mass is 35.5. The fourth-order valence-electron chi connectivity index (χ4n) is 2.47. The number of hydrogen-bond donors (Lipinski definition) is 1. The van der Waals surface area contributed by atoms with Gasteiger partial charge in [-0.1, -0.05) is 35.9 Å². The van der Waals surface area contributed by atoms with Gasteiger partial charge >= 0.3 is 0 Å². The molecule has 0 unspecified atom stereocenters. The summed E-state index contributed by atoms with van der Waals surface area (Å²) in [6.45, 7) is 4.73. The van der Waals surface area contributed by atoms with Crippen LogP contribution in [0.3, 0.4) is 0 Å². The lowest BCUT2D eigenvalue weighted by Gasteiger charge is -2.10. The van der Waals surface area contributed by atoms with E-state index in [2.05, 4.69) is 17.4 Å². The minimum absolute atomic E-state index is 0.0812. The molecule has 2 aromatic carbocycles. The largest absolute Gasteiger partial charge is 0.491 e. The molecular formula is C21H26ClNO2S. The van der Waals surface area contributed by atoms with Gasteiger partial charge in [0.25, 0.3) is 0 Å². The van der Waals surface area contributed by atoms with Crippen molar-refractivity contribution >= 4 is 29.3 Å². The maximum atomic E-state index is 11.9. The van der Waals surface area contributed by atoms with Gasteiger partial charge < -0.3 is 10.1 Å². The third-order valence-electron chi connectivity index (χ3n) is 3.65. The molecule has 0 aliphatic rings. The molecule has 1 amide bonds. The van der Waals surface area contributed by atoms with Crippen molar-refractivity contribution in [2.75, 3.05) is 12.3 Å². The molecule has 0 saturated carbocycles. The summed E-state index contributed by atoms with van der Waals surface area (Å²) in [5.41, 5.74) is 2.39. The third-order valence-corrected chi connectivity index (χ3v) is 4.89. The number of benzene rings is 2. The second kappa shape index (κ2) is 11.1. The first-order valence-corrected chi connectivity index (χ1v) is 10.4. The Morgan fingerprint density at radius 1 is 1.15 bits per heavy atom. The predicted molar refractivity (Wildman–Crippen MR) is 111 cm³/mol. The van der Waals surface area contributed by atoms with E-state index in [1.54, 1.807) is 11.8 Å². The van der Waals surface area contributed by atoms with Gasteiger partial charge in [-0.2, -0.15) is 0 Å². The SMILES string of the molecule is CC(C)Oc1ccc(CCCNC(=O)CSCc2cccc(Cl)c2)cc1. The fourth-order valence-corrected chi connectivity index (χ4v) is 3.48. The van der Waals surface area contributed by atoms with Crippen LogP contribution in [0, 0.1) is 0 Å². The molecule has 0 aliphatic carbocycles. The number of carbonyl (C=O) groups is 1. The van der Waals surface area contributed by atoms with E-state index in [-0.39, 0.29) is 12.0 Å². The minimum atomic E-state index is 0.0812. The standard InChI is InChI=1S/C21H26ClNO2S/c1-16(2)25-20-10-8-17(9-11-20)6-4-12-23-21(24)15-26-14-18-5-3-7-19(22)13-18/h3,5,7-11,13,16H,4,6,12,14-15H2,1-2H3,(H,23,24). The minimum Gasteiger partial charge on any atom is -0.491 e. The van der Waals surface area contributed by atoms with Gasteiger partial charge in [0.1, 0.15) is 5.75 Å². The van der Waals surface area contributed by atoms with E-state index >= 15 is 0 Å². The summed E-state index contributed by atoms with van der Waals surface area (Å²) in [4.78, 5) is 11.9. The van der Waals surface area contributed by atoms with E-state index < -0.39 is 0 Å². The summed E-state index contributed by atoms with van der Waals surface area (Å²) in [6.07, 6.45) is 2.06. The predicted octanol–water partition coefficient (Wildman–Crippen LogP) is 5.11. The van der Waals surface area contributed by atoms with E-state index in [9.17, 15) is 4.79 Å². The number of amides is 1. The normalized spacial score (nSPS) is 10.8. The van der Waals surface area contributed by atoms with Crippen LogP contribution in [-0.4, -0.2) is 24.3 Å². The van der Waals surface area contributed by atoms with Crippen LogP contribution in [0.15, 0.2) is 48.5 Å². The van der Waals surface area contributed by atoms with E-state index in [0.717, 1.165) is 34.9 Å². The first kappa shape index (κ1) is 20.7. The molecule has 2 aromatic rings. The lowest BCUT2D eigenvalue weighted by atomic mass is 10.1. The zero-order valence-corrected chi connectivity index (χ0v) is 16.9. The lowest BCUT2D eigenvalue weighted by Crippen LogP contribution is -2.26. The zero-order chi connectivity index (χ0) is 18.8. The number of aryl methyl sites for hydroxylation is 1. The Labute approximate surface area is 165 Å². The molecule has 0 fully saturated rings. The van der Waals surface area contributed by atoms with Crippen molar-refractivity contribution in [1.82, 2.24) is 5.32 Å². The number of ether oxygens (including phenoxy) is 1. The summed E-state index contributed by atoms with van der Waals surface area (Å²) in [6, 6.07) is 15.9. The van der Waals surface area contributed by atoms with Crippen molar-refractivity contribution in [3.63, 3.8) is 0 Å². The van der Waals surface area contributed by atoms with Crippen molar-refractivity contribution < 1.29 is 9.53 Å². The number of rotatable bonds is 10. The molecule has 0 atom stereocenters. The highest BCUT2D eigenvalue weighted by molar-refractivity contribution is 7.99. The van der Waals surface area contributed by atoms with Crippen molar-refractivity contribution in [2.24, 2.45) is 0 Å². The summed E-state index contributed by atoms with van der Waals surface area (Å²) < 4.78 is 5.64. The summed E-state index contributed by atoms with van der Waals surface area (Å²) in [5.74, 6) is 2.23. The van der Waals surface area contributed by atoms with E-state index in [4.69, 9.17) is 16.3 Å². The average Bonchev–Trinajstić information content (AvgIpc) is 2.60. The second-order valence-electron chi connectivity index (χ2n) is 6.39. The van der Waals surface area contributed by atoms with Crippen molar-refractivity contribution in [3.8, 4) is 5.75 Å². The third kappa shape index (κ3) is 8.15. The van der Waals surface area contributed by atoms with Gasteiger partial charge in [0.15, 0.2) is 0 Å². The van der Waals surface area contributed by atoms with Crippen LogP contribution in [0.1, 0.15) is 31.4 Å². The number of nitrogens with one attached hydrogen (secondary N) is 1. The molecule has 140 valence electrons. The number of hydrogen-bond acceptors (Lipinski definition) is 3. The van der Waals surface area contributed by atoms with Crippen molar-refractivity contribution in [2.45, 2.75) is 38.5 Å². The Morgan fingerprint density at radius 3 is 2.62 bits per heavy atom. The molecule has 2 rings (SSSR count). The van der Waals surface area contributed by atoms with Gasteiger partial charge in [-0.05, 0) is 62.1 Å². The van der Waals surface area contributed by atoms with Gasteiger partial charge in [-0.3, -0.25) is 4.79 Å². The molecule has 5 heteroatoms. The smallest absolute Gasteiger partial charge is 0.230 e. The molecule has 0 aliphatic heterocycles. The van der Waals surface area contributed by atoms with Gasteiger partial charge in [0.05, 0.1) is 11.9 Å². The Balaban J connectivity index is 1.58. The monoisotopic (exact) mass is 391 g/mol. The topological polar surface area (TPSA) is 38.3 Å². The van der Waals surface area contributed by atoms with Crippen LogP contribution >= 0.6 is 23.4 Å². The Hall–Kier alpha value is -1.65. The second-order valence-corrected chi connectivity index (χ2v) is 7.81. The average molecular weight is 392 g/mol. The van der Waals surface area contributed by atoms with Gasteiger partial charge in [-0.25, -0.2) is 0 Å².